The molecule has 1 aliphatic heterocycles. The molecule has 0 bridgehead atoms. The van der Waals surface area contributed by atoms with Gasteiger partial charge < -0.3 is 19.5 Å². The smallest absolute Gasteiger partial charge is 0.262 e. The summed E-state index contributed by atoms with van der Waals surface area (Å²) >= 11 is 0. The normalized spacial score (nSPS) is 14.2. The second-order valence-electron chi connectivity index (χ2n) is 7.24. The van der Waals surface area contributed by atoms with Crippen molar-refractivity contribution >= 4 is 23.7 Å². The van der Waals surface area contributed by atoms with Crippen LogP contribution in [0.2, 0.25) is 0 Å². The number of morpholine rings is 1. The van der Waals surface area contributed by atoms with Crippen molar-refractivity contribution in [2.45, 2.75) is 6.92 Å². The molecule has 1 aliphatic rings. The number of rotatable bonds is 9. The number of aryl methyl sites for hydroxylation is 1. The molecule has 1 fully saturated rings. The molecule has 170 valence electrons. The Balaban J connectivity index is 1.50. The van der Waals surface area contributed by atoms with Crippen LogP contribution >= 0.6 is 0 Å². The Labute approximate surface area is 187 Å². The van der Waals surface area contributed by atoms with E-state index in [4.69, 9.17) is 14.2 Å². The van der Waals surface area contributed by atoms with Crippen LogP contribution in [0.1, 0.15) is 11.1 Å². The number of benzene rings is 2. The van der Waals surface area contributed by atoms with Crippen molar-refractivity contribution in [2.75, 3.05) is 51.9 Å². The quantitative estimate of drug-likeness (QED) is 0.456. The molecule has 0 unspecified atom stereocenters. The number of nitrogens with one attached hydrogen (secondary N) is 2. The number of carbonyl (C=O) groups excluding carboxylic acids is 2. The first-order valence-corrected chi connectivity index (χ1v) is 10.3. The lowest BCUT2D eigenvalue weighted by atomic mass is 10.2. The van der Waals surface area contributed by atoms with Gasteiger partial charge in [0.15, 0.2) is 18.1 Å². The van der Waals surface area contributed by atoms with Crippen LogP contribution < -0.4 is 20.2 Å². The Kier molecular flexibility index (Phi) is 8.59. The lowest BCUT2D eigenvalue weighted by molar-refractivity contribution is -0.123. The number of carbonyl (C=O) groups is 2. The number of hydrazone groups is 1. The van der Waals surface area contributed by atoms with Gasteiger partial charge >= 0.3 is 0 Å². The lowest BCUT2D eigenvalue weighted by Gasteiger charge is -2.25. The van der Waals surface area contributed by atoms with Gasteiger partial charge in [0.1, 0.15) is 0 Å². The third kappa shape index (κ3) is 7.07. The Morgan fingerprint density at radius 1 is 1.12 bits per heavy atom. The highest BCUT2D eigenvalue weighted by Gasteiger charge is 2.13. The SMILES string of the molecule is COc1cc(/C=N/NC(=O)CN2CCOCC2)ccc1OCC(=O)Nc1ccccc1C. The second kappa shape index (κ2) is 11.8. The zero-order chi connectivity index (χ0) is 22.8. The summed E-state index contributed by atoms with van der Waals surface area (Å²) in [5.74, 6) is 0.433. The predicted octanol–water partition coefficient (Wildman–Crippen LogP) is 1.80. The van der Waals surface area contributed by atoms with Crippen LogP contribution in [-0.4, -0.2) is 69.5 Å². The standard InChI is InChI=1S/C23H28N4O5/c1-17-5-3-4-6-19(17)25-23(29)16-32-20-8-7-18(13-21(20)30-2)14-24-26-22(28)15-27-9-11-31-12-10-27/h3-8,13-14H,9-12,15-16H2,1-2H3,(H,25,29)(H,26,28)/b24-14+. The van der Waals surface area contributed by atoms with E-state index in [9.17, 15) is 9.59 Å². The van der Waals surface area contributed by atoms with E-state index in [0.29, 0.717) is 30.3 Å². The summed E-state index contributed by atoms with van der Waals surface area (Å²) < 4.78 is 16.2. The summed E-state index contributed by atoms with van der Waals surface area (Å²) in [7, 11) is 1.51. The average molecular weight is 441 g/mol. The summed E-state index contributed by atoms with van der Waals surface area (Å²) in [6.45, 7) is 4.79. The molecular weight excluding hydrogens is 412 g/mol. The molecule has 32 heavy (non-hydrogen) atoms. The molecule has 0 atom stereocenters. The molecule has 9 nitrogen and oxygen atoms in total. The van der Waals surface area contributed by atoms with Crippen LogP contribution in [-0.2, 0) is 14.3 Å². The summed E-state index contributed by atoms with van der Waals surface area (Å²) in [4.78, 5) is 26.2. The van der Waals surface area contributed by atoms with Gasteiger partial charge in [-0.3, -0.25) is 14.5 Å². The van der Waals surface area contributed by atoms with Crippen LogP contribution in [0.15, 0.2) is 47.6 Å². The predicted molar refractivity (Wildman–Crippen MR) is 121 cm³/mol. The van der Waals surface area contributed by atoms with Crippen molar-refractivity contribution in [3.05, 3.63) is 53.6 Å². The molecule has 0 aliphatic carbocycles. The highest BCUT2D eigenvalue weighted by molar-refractivity contribution is 5.92. The molecule has 0 saturated carbocycles. The van der Waals surface area contributed by atoms with E-state index in [1.807, 2.05) is 36.1 Å². The minimum Gasteiger partial charge on any atom is -0.493 e. The molecule has 3 rings (SSSR count). The summed E-state index contributed by atoms with van der Waals surface area (Å²) in [6, 6.07) is 12.7. The molecule has 1 heterocycles. The number of para-hydroxylation sites is 1. The number of ether oxygens (including phenoxy) is 3. The third-order valence-corrected chi connectivity index (χ3v) is 4.84. The molecule has 2 aromatic rings. The number of methoxy groups -OCH3 is 1. The first kappa shape index (κ1) is 23.2. The van der Waals surface area contributed by atoms with Crippen molar-refractivity contribution in [2.24, 2.45) is 5.10 Å². The molecule has 0 spiro atoms. The molecule has 2 N–H and O–H groups in total. The molecule has 0 aromatic heterocycles. The number of anilines is 1. The second-order valence-corrected chi connectivity index (χ2v) is 7.24. The molecule has 1 saturated heterocycles. The summed E-state index contributed by atoms with van der Waals surface area (Å²) in [6.07, 6.45) is 1.52. The van der Waals surface area contributed by atoms with Gasteiger partial charge in [0.2, 0.25) is 0 Å². The number of amides is 2. The maximum absolute atomic E-state index is 12.2. The maximum atomic E-state index is 12.2. The summed E-state index contributed by atoms with van der Waals surface area (Å²) in [5.41, 5.74) is 4.95. The van der Waals surface area contributed by atoms with Gasteiger partial charge in [-0.15, -0.1) is 0 Å². The van der Waals surface area contributed by atoms with E-state index in [-0.39, 0.29) is 25.0 Å². The van der Waals surface area contributed by atoms with Gasteiger partial charge in [0.05, 0.1) is 33.1 Å². The zero-order valence-corrected chi connectivity index (χ0v) is 18.3. The van der Waals surface area contributed by atoms with Gasteiger partial charge in [-0.2, -0.15) is 5.10 Å². The molecular formula is C23H28N4O5. The fourth-order valence-corrected chi connectivity index (χ4v) is 3.10. The Hall–Kier alpha value is -3.43. The minimum atomic E-state index is -0.269. The Morgan fingerprint density at radius 2 is 1.91 bits per heavy atom. The van der Waals surface area contributed by atoms with Crippen molar-refractivity contribution in [3.8, 4) is 11.5 Å². The first-order valence-electron chi connectivity index (χ1n) is 10.3. The zero-order valence-electron chi connectivity index (χ0n) is 18.3. The fourth-order valence-electron chi connectivity index (χ4n) is 3.10. The van der Waals surface area contributed by atoms with Gasteiger partial charge in [0.25, 0.3) is 11.8 Å². The molecule has 9 heteroatoms. The van der Waals surface area contributed by atoms with Crippen molar-refractivity contribution in [1.82, 2.24) is 10.3 Å². The lowest BCUT2D eigenvalue weighted by Crippen LogP contribution is -2.42. The molecule has 0 radical (unpaired) electrons. The van der Waals surface area contributed by atoms with Gasteiger partial charge in [-0.25, -0.2) is 5.43 Å². The van der Waals surface area contributed by atoms with Gasteiger partial charge in [0, 0.05) is 18.8 Å². The van der Waals surface area contributed by atoms with Crippen LogP contribution in [0.3, 0.4) is 0 Å². The molecule has 2 amide bonds. The van der Waals surface area contributed by atoms with Crippen LogP contribution in [0.5, 0.6) is 11.5 Å². The first-order chi connectivity index (χ1) is 15.5. The van der Waals surface area contributed by atoms with Gasteiger partial charge in [-0.1, -0.05) is 18.2 Å². The highest BCUT2D eigenvalue weighted by atomic mass is 16.5. The maximum Gasteiger partial charge on any atom is 0.262 e. The minimum absolute atomic E-state index is 0.157. The van der Waals surface area contributed by atoms with E-state index in [0.717, 1.165) is 24.3 Å². The van der Waals surface area contributed by atoms with Crippen LogP contribution in [0, 0.1) is 6.92 Å². The highest BCUT2D eigenvalue weighted by Crippen LogP contribution is 2.27. The molecule has 2 aromatic carbocycles. The van der Waals surface area contributed by atoms with Gasteiger partial charge in [-0.05, 0) is 42.3 Å². The van der Waals surface area contributed by atoms with E-state index in [2.05, 4.69) is 15.8 Å². The van der Waals surface area contributed by atoms with E-state index in [1.54, 1.807) is 18.2 Å². The Morgan fingerprint density at radius 3 is 2.66 bits per heavy atom. The summed E-state index contributed by atoms with van der Waals surface area (Å²) in [5, 5.41) is 6.82. The van der Waals surface area contributed by atoms with E-state index >= 15 is 0 Å². The van der Waals surface area contributed by atoms with Crippen molar-refractivity contribution in [3.63, 3.8) is 0 Å². The number of hydrogen-bond donors (Lipinski definition) is 2. The van der Waals surface area contributed by atoms with E-state index < -0.39 is 0 Å². The monoisotopic (exact) mass is 440 g/mol. The third-order valence-electron chi connectivity index (χ3n) is 4.84. The van der Waals surface area contributed by atoms with Crippen LogP contribution in [0.4, 0.5) is 5.69 Å². The number of nitrogens with zero attached hydrogens (tertiary/aromatic N) is 2. The largest absolute Gasteiger partial charge is 0.493 e. The van der Waals surface area contributed by atoms with Crippen molar-refractivity contribution < 1.29 is 23.8 Å². The Bertz CT molecular complexity index is 957. The number of hydrogen-bond acceptors (Lipinski definition) is 7. The average Bonchev–Trinajstić information content (AvgIpc) is 2.80. The fraction of sp³-hybridized carbons (Fsp3) is 0.348. The van der Waals surface area contributed by atoms with Crippen LogP contribution in [0.25, 0.3) is 0 Å². The van der Waals surface area contributed by atoms with Crippen molar-refractivity contribution in [1.29, 1.82) is 0 Å². The van der Waals surface area contributed by atoms with E-state index in [1.165, 1.54) is 13.3 Å². The topological polar surface area (TPSA) is 101 Å².